The SMILES string of the molecule is COc1cc2c(c(OC)c1OC)-c1ccc(S(C)(=O)=O)cc1[C]CC2C(N)=O. The Balaban J connectivity index is 2.41. The molecule has 3 rings (SSSR count). The normalized spacial score (nSPS) is 15.8. The van der Waals surface area contributed by atoms with Crippen LogP contribution in [0.15, 0.2) is 29.2 Å². The van der Waals surface area contributed by atoms with Crippen molar-refractivity contribution in [3.05, 3.63) is 41.8 Å². The van der Waals surface area contributed by atoms with E-state index in [1.165, 1.54) is 33.5 Å². The smallest absolute Gasteiger partial charge is 0.225 e. The molecular weight excluding hydrogens is 382 g/mol. The molecule has 8 heteroatoms. The van der Waals surface area contributed by atoms with E-state index >= 15 is 0 Å². The predicted molar refractivity (Wildman–Crippen MR) is 104 cm³/mol. The number of amides is 1. The first-order valence-corrected chi connectivity index (χ1v) is 10.3. The number of methoxy groups -OCH3 is 3. The Labute approximate surface area is 164 Å². The summed E-state index contributed by atoms with van der Waals surface area (Å²) in [5.41, 5.74) is 8.09. The monoisotopic (exact) mass is 403 g/mol. The summed E-state index contributed by atoms with van der Waals surface area (Å²) in [6, 6.07) is 6.43. The van der Waals surface area contributed by atoms with Gasteiger partial charge in [0.05, 0.1) is 32.1 Å². The number of fused-ring (bicyclic) bond motifs is 3. The number of sulfone groups is 1. The fraction of sp³-hybridized carbons (Fsp3) is 0.300. The molecular formula is C20H21NO6S. The Kier molecular flexibility index (Phi) is 5.25. The van der Waals surface area contributed by atoms with E-state index in [0.29, 0.717) is 39.5 Å². The van der Waals surface area contributed by atoms with Gasteiger partial charge >= 0.3 is 0 Å². The van der Waals surface area contributed by atoms with Crippen LogP contribution in [0.3, 0.4) is 0 Å². The first-order valence-electron chi connectivity index (χ1n) is 8.43. The van der Waals surface area contributed by atoms with Crippen LogP contribution in [0.5, 0.6) is 17.2 Å². The summed E-state index contributed by atoms with van der Waals surface area (Å²) >= 11 is 0. The molecule has 1 aliphatic carbocycles. The van der Waals surface area contributed by atoms with Crippen molar-refractivity contribution in [3.63, 3.8) is 0 Å². The Bertz CT molecular complexity index is 1050. The summed E-state index contributed by atoms with van der Waals surface area (Å²) in [6.07, 6.45) is 4.47. The van der Waals surface area contributed by atoms with E-state index in [1.807, 2.05) is 0 Å². The van der Waals surface area contributed by atoms with Crippen molar-refractivity contribution in [2.24, 2.45) is 5.73 Å². The molecule has 0 saturated heterocycles. The van der Waals surface area contributed by atoms with Crippen LogP contribution in [0.25, 0.3) is 11.1 Å². The van der Waals surface area contributed by atoms with Gasteiger partial charge in [0, 0.05) is 18.2 Å². The molecule has 0 aliphatic heterocycles. The van der Waals surface area contributed by atoms with Crippen molar-refractivity contribution >= 4 is 15.7 Å². The van der Waals surface area contributed by atoms with Crippen molar-refractivity contribution in [2.75, 3.05) is 27.6 Å². The second-order valence-corrected chi connectivity index (χ2v) is 8.44. The average Bonchev–Trinajstić information content (AvgIpc) is 2.81. The highest BCUT2D eigenvalue weighted by Gasteiger charge is 2.32. The number of nitrogens with two attached hydrogens (primary N) is 1. The third-order valence-corrected chi connectivity index (χ3v) is 5.87. The van der Waals surface area contributed by atoms with Crippen LogP contribution in [0, 0.1) is 6.42 Å². The molecule has 1 atom stereocenters. The topological polar surface area (TPSA) is 105 Å². The number of carbonyl (C=O) groups is 1. The van der Waals surface area contributed by atoms with Gasteiger partial charge in [-0.2, -0.15) is 0 Å². The Morgan fingerprint density at radius 2 is 1.79 bits per heavy atom. The van der Waals surface area contributed by atoms with Crippen LogP contribution in [-0.2, 0) is 14.6 Å². The molecule has 0 bridgehead atoms. The Morgan fingerprint density at radius 1 is 1.11 bits per heavy atom. The van der Waals surface area contributed by atoms with Crippen LogP contribution in [0.1, 0.15) is 23.5 Å². The largest absolute Gasteiger partial charge is 0.493 e. The Hall–Kier alpha value is -2.74. The molecule has 0 saturated carbocycles. The molecule has 0 heterocycles. The van der Waals surface area contributed by atoms with Crippen LogP contribution in [0.2, 0.25) is 0 Å². The molecule has 2 aromatic rings. The van der Waals surface area contributed by atoms with Crippen LogP contribution in [-0.4, -0.2) is 41.9 Å². The summed E-state index contributed by atoms with van der Waals surface area (Å²) in [6.45, 7) is 0. The molecule has 1 unspecified atom stereocenters. The number of hydrogen-bond acceptors (Lipinski definition) is 6. The minimum atomic E-state index is -3.40. The first kappa shape index (κ1) is 20.0. The van der Waals surface area contributed by atoms with Crippen LogP contribution in [0.4, 0.5) is 0 Å². The van der Waals surface area contributed by atoms with E-state index < -0.39 is 21.7 Å². The fourth-order valence-corrected chi connectivity index (χ4v) is 4.07. The number of benzene rings is 2. The molecule has 148 valence electrons. The first-order chi connectivity index (χ1) is 13.2. The van der Waals surface area contributed by atoms with Gasteiger partial charge in [0.1, 0.15) is 0 Å². The quantitative estimate of drug-likeness (QED) is 0.820. The lowest BCUT2D eigenvalue weighted by atomic mass is 9.89. The van der Waals surface area contributed by atoms with E-state index in [0.717, 1.165) is 6.26 Å². The van der Waals surface area contributed by atoms with Crippen molar-refractivity contribution in [1.29, 1.82) is 0 Å². The molecule has 0 aromatic heterocycles. The number of primary amides is 1. The molecule has 0 fully saturated rings. The van der Waals surface area contributed by atoms with E-state index in [4.69, 9.17) is 19.9 Å². The molecule has 28 heavy (non-hydrogen) atoms. The van der Waals surface area contributed by atoms with Gasteiger partial charge in [-0.1, -0.05) is 6.07 Å². The van der Waals surface area contributed by atoms with E-state index in [9.17, 15) is 13.2 Å². The number of rotatable bonds is 5. The standard InChI is InChI=1S/C20H21NO6S/c1-25-16-10-15-14(20(21)22)7-5-11-9-12(28(4,23)24)6-8-13(11)17(15)19(27-3)18(16)26-2/h6,8-10,14H,7H2,1-4H3,(H2,21,22). The maximum atomic E-state index is 12.2. The minimum Gasteiger partial charge on any atom is -0.493 e. The maximum Gasteiger partial charge on any atom is 0.225 e. The number of carbonyl (C=O) groups excluding carboxylic acids is 1. The highest BCUT2D eigenvalue weighted by atomic mass is 32.2. The zero-order valence-corrected chi connectivity index (χ0v) is 16.8. The van der Waals surface area contributed by atoms with Crippen molar-refractivity contribution in [3.8, 4) is 28.4 Å². The molecule has 7 nitrogen and oxygen atoms in total. The van der Waals surface area contributed by atoms with Gasteiger partial charge < -0.3 is 19.9 Å². The molecule has 2 radical (unpaired) electrons. The second kappa shape index (κ2) is 7.35. The molecule has 0 spiro atoms. The summed E-state index contributed by atoms with van der Waals surface area (Å²) < 4.78 is 40.4. The van der Waals surface area contributed by atoms with E-state index in [-0.39, 0.29) is 11.3 Å². The summed E-state index contributed by atoms with van der Waals surface area (Å²) in [4.78, 5) is 12.3. The van der Waals surface area contributed by atoms with Gasteiger partial charge in [-0.3, -0.25) is 4.79 Å². The minimum absolute atomic E-state index is 0.164. The van der Waals surface area contributed by atoms with Crippen molar-refractivity contribution in [1.82, 2.24) is 0 Å². The highest BCUT2D eigenvalue weighted by Crippen LogP contribution is 2.52. The van der Waals surface area contributed by atoms with Crippen LogP contribution < -0.4 is 19.9 Å². The van der Waals surface area contributed by atoms with Gasteiger partial charge in [-0.15, -0.1) is 0 Å². The van der Waals surface area contributed by atoms with E-state index in [2.05, 4.69) is 6.42 Å². The lowest BCUT2D eigenvalue weighted by Gasteiger charge is -2.22. The lowest BCUT2D eigenvalue weighted by molar-refractivity contribution is -0.119. The zero-order valence-electron chi connectivity index (χ0n) is 16.0. The lowest BCUT2D eigenvalue weighted by Crippen LogP contribution is -2.21. The third kappa shape index (κ3) is 3.28. The van der Waals surface area contributed by atoms with Gasteiger partial charge in [0.25, 0.3) is 0 Å². The second-order valence-electron chi connectivity index (χ2n) is 6.42. The summed E-state index contributed by atoms with van der Waals surface area (Å²) in [5.74, 6) is -0.0651. The maximum absolute atomic E-state index is 12.2. The summed E-state index contributed by atoms with van der Waals surface area (Å²) in [5, 5.41) is 0. The van der Waals surface area contributed by atoms with Gasteiger partial charge in [0.15, 0.2) is 21.3 Å². The predicted octanol–water partition coefficient (Wildman–Crippen LogP) is 2.18. The van der Waals surface area contributed by atoms with Crippen LogP contribution >= 0.6 is 0 Å². The van der Waals surface area contributed by atoms with Gasteiger partial charge in [0.2, 0.25) is 11.7 Å². The molecule has 2 N–H and O–H groups in total. The van der Waals surface area contributed by atoms with Crippen molar-refractivity contribution in [2.45, 2.75) is 17.2 Å². The molecule has 1 aliphatic rings. The van der Waals surface area contributed by atoms with Gasteiger partial charge in [-0.25, -0.2) is 8.42 Å². The number of hydrogen-bond donors (Lipinski definition) is 1. The average molecular weight is 403 g/mol. The number of ether oxygens (including phenoxy) is 3. The van der Waals surface area contributed by atoms with Crippen molar-refractivity contribution < 1.29 is 27.4 Å². The highest BCUT2D eigenvalue weighted by molar-refractivity contribution is 7.90. The van der Waals surface area contributed by atoms with E-state index in [1.54, 1.807) is 12.1 Å². The summed E-state index contributed by atoms with van der Waals surface area (Å²) in [7, 11) is 1.06. The van der Waals surface area contributed by atoms with Gasteiger partial charge in [-0.05, 0) is 41.3 Å². The molecule has 2 aromatic carbocycles. The molecule has 1 amide bonds. The Morgan fingerprint density at radius 3 is 2.32 bits per heavy atom. The zero-order chi connectivity index (χ0) is 20.6. The third-order valence-electron chi connectivity index (χ3n) is 4.76. The fourth-order valence-electron chi connectivity index (χ4n) is 3.42.